The Morgan fingerprint density at radius 1 is 1.18 bits per heavy atom. The summed E-state index contributed by atoms with van der Waals surface area (Å²) in [4.78, 5) is 37.3. The standard InChI is InChI=1S/C22H22N4O7S/c1-14(21(27)23-16-5-4-6-17(13-16)26(29)30)33-22(28)15-9-11-25(12-10-15)20-18-7-2-3-8-19(18)34(31,32)24-20/h2-8,13-15H,9-12H2,1H3,(H,23,27). The number of hydrogen-bond acceptors (Lipinski definition) is 8. The highest BCUT2D eigenvalue weighted by atomic mass is 32.2. The monoisotopic (exact) mass is 486 g/mol. The zero-order valence-corrected chi connectivity index (χ0v) is 19.0. The normalized spacial score (nSPS) is 17.9. The number of anilines is 1. The topological polar surface area (TPSA) is 148 Å². The first kappa shape index (κ1) is 23.4. The summed E-state index contributed by atoms with van der Waals surface area (Å²) >= 11 is 0. The molecule has 4 rings (SSSR count). The van der Waals surface area contributed by atoms with E-state index in [1.54, 1.807) is 18.2 Å². The van der Waals surface area contributed by atoms with Crippen LogP contribution in [0.15, 0.2) is 57.8 Å². The van der Waals surface area contributed by atoms with Crippen LogP contribution in [0.2, 0.25) is 0 Å². The zero-order chi connectivity index (χ0) is 24.5. The number of likely N-dealkylation sites (tertiary alicyclic amines) is 1. The van der Waals surface area contributed by atoms with Crippen molar-refractivity contribution in [3.8, 4) is 0 Å². The van der Waals surface area contributed by atoms with E-state index in [0.29, 0.717) is 37.3 Å². The largest absolute Gasteiger partial charge is 0.452 e. The maximum absolute atomic E-state index is 12.6. The number of carbonyl (C=O) groups excluding carboxylic acids is 2. The number of fused-ring (bicyclic) bond motifs is 1. The van der Waals surface area contributed by atoms with Crippen molar-refractivity contribution in [3.05, 3.63) is 64.2 Å². The number of benzene rings is 2. The van der Waals surface area contributed by atoms with E-state index < -0.39 is 38.8 Å². The molecule has 2 aromatic carbocycles. The van der Waals surface area contributed by atoms with E-state index in [2.05, 4.69) is 9.71 Å². The summed E-state index contributed by atoms with van der Waals surface area (Å²) in [5.74, 6) is -1.19. The third kappa shape index (κ3) is 4.76. The van der Waals surface area contributed by atoms with E-state index in [4.69, 9.17) is 4.74 Å². The fourth-order valence-electron chi connectivity index (χ4n) is 3.91. The van der Waals surface area contributed by atoms with Gasteiger partial charge in [-0.05, 0) is 38.0 Å². The van der Waals surface area contributed by atoms with Gasteiger partial charge >= 0.3 is 5.97 Å². The van der Waals surface area contributed by atoms with Crippen LogP contribution in [0.4, 0.5) is 11.4 Å². The second-order valence-electron chi connectivity index (χ2n) is 8.02. The number of nitro benzene ring substituents is 1. The molecule has 0 saturated carbocycles. The Morgan fingerprint density at radius 2 is 1.88 bits per heavy atom. The molecule has 11 nitrogen and oxygen atoms in total. The smallest absolute Gasteiger partial charge is 0.309 e. The molecular formula is C22H22N4O7S. The van der Waals surface area contributed by atoms with Crippen LogP contribution < -0.4 is 5.32 Å². The van der Waals surface area contributed by atoms with Crippen LogP contribution >= 0.6 is 0 Å². The van der Waals surface area contributed by atoms with Gasteiger partial charge in [0, 0.05) is 36.5 Å². The molecule has 2 aliphatic rings. The number of sulfonamides is 1. The average molecular weight is 487 g/mol. The number of ether oxygens (including phenoxy) is 1. The fraction of sp³-hybridized carbons (Fsp3) is 0.318. The number of piperidine rings is 1. The lowest BCUT2D eigenvalue weighted by molar-refractivity contribution is -0.384. The van der Waals surface area contributed by atoms with Crippen molar-refractivity contribution < 1.29 is 27.7 Å². The van der Waals surface area contributed by atoms with Gasteiger partial charge in [0.15, 0.2) is 11.9 Å². The molecule has 1 amide bonds. The molecule has 1 unspecified atom stereocenters. The summed E-state index contributed by atoms with van der Waals surface area (Å²) in [7, 11) is -3.72. The molecule has 34 heavy (non-hydrogen) atoms. The van der Waals surface area contributed by atoms with E-state index in [1.165, 1.54) is 37.3 Å². The van der Waals surface area contributed by atoms with E-state index in [-0.39, 0.29) is 16.3 Å². The lowest BCUT2D eigenvalue weighted by Crippen LogP contribution is -2.41. The summed E-state index contributed by atoms with van der Waals surface area (Å²) in [6.45, 7) is 2.25. The van der Waals surface area contributed by atoms with Gasteiger partial charge in [-0.3, -0.25) is 19.7 Å². The Hall–Kier alpha value is -3.80. The van der Waals surface area contributed by atoms with Gasteiger partial charge in [0.2, 0.25) is 0 Å². The summed E-state index contributed by atoms with van der Waals surface area (Å²) in [5, 5.41) is 13.4. The second kappa shape index (κ2) is 9.21. The summed E-state index contributed by atoms with van der Waals surface area (Å²) < 4.78 is 33.8. The number of amidine groups is 1. The lowest BCUT2D eigenvalue weighted by atomic mass is 9.96. The minimum atomic E-state index is -3.72. The molecule has 0 aliphatic carbocycles. The average Bonchev–Trinajstić information content (AvgIpc) is 3.10. The van der Waals surface area contributed by atoms with Crippen LogP contribution in [0.5, 0.6) is 0 Å². The molecule has 2 heterocycles. The number of nitrogens with one attached hydrogen (secondary N) is 1. The third-order valence-electron chi connectivity index (χ3n) is 5.73. The molecule has 0 spiro atoms. The predicted octanol–water partition coefficient (Wildman–Crippen LogP) is 2.33. The quantitative estimate of drug-likeness (QED) is 0.385. The zero-order valence-electron chi connectivity index (χ0n) is 18.2. The third-order valence-corrected chi connectivity index (χ3v) is 7.05. The molecule has 0 radical (unpaired) electrons. The molecule has 1 N–H and O–H groups in total. The molecule has 0 bridgehead atoms. The SMILES string of the molecule is CC(OC(=O)C1CCN(C2=NS(=O)(=O)c3ccccc32)CC1)C(=O)Nc1cccc([N+](=O)[O-])c1. The van der Waals surface area contributed by atoms with Crippen LogP contribution in [-0.4, -0.2) is 55.1 Å². The molecule has 2 aliphatic heterocycles. The van der Waals surface area contributed by atoms with Gasteiger partial charge in [0.25, 0.3) is 21.6 Å². The van der Waals surface area contributed by atoms with Gasteiger partial charge < -0.3 is 15.0 Å². The predicted molar refractivity (Wildman–Crippen MR) is 122 cm³/mol. The van der Waals surface area contributed by atoms with Gasteiger partial charge in [-0.15, -0.1) is 4.40 Å². The Kier molecular flexibility index (Phi) is 6.33. The van der Waals surface area contributed by atoms with Gasteiger partial charge in [-0.2, -0.15) is 8.42 Å². The maximum Gasteiger partial charge on any atom is 0.309 e. The van der Waals surface area contributed by atoms with Crippen LogP contribution in [0.3, 0.4) is 0 Å². The minimum Gasteiger partial charge on any atom is -0.452 e. The first-order valence-electron chi connectivity index (χ1n) is 10.6. The van der Waals surface area contributed by atoms with Crippen LogP contribution in [-0.2, 0) is 24.3 Å². The number of carbonyl (C=O) groups is 2. The van der Waals surface area contributed by atoms with E-state index in [1.807, 2.05) is 4.90 Å². The fourth-order valence-corrected chi connectivity index (χ4v) is 5.14. The molecule has 1 atom stereocenters. The number of non-ortho nitro benzene ring substituents is 1. The highest BCUT2D eigenvalue weighted by Crippen LogP contribution is 2.30. The number of nitro groups is 1. The van der Waals surface area contributed by atoms with Gasteiger partial charge in [0.1, 0.15) is 4.90 Å². The van der Waals surface area contributed by atoms with Crippen LogP contribution in [0.1, 0.15) is 25.3 Å². The summed E-state index contributed by atoms with van der Waals surface area (Å²) in [6, 6.07) is 12.1. The minimum absolute atomic E-state index is 0.170. The summed E-state index contributed by atoms with van der Waals surface area (Å²) in [6.07, 6.45) is -0.264. The van der Waals surface area contributed by atoms with E-state index in [0.717, 1.165) is 0 Å². The number of amides is 1. The number of hydrogen-bond donors (Lipinski definition) is 1. The Balaban J connectivity index is 1.32. The Morgan fingerprint density at radius 3 is 2.59 bits per heavy atom. The Labute approximate surface area is 195 Å². The highest BCUT2D eigenvalue weighted by Gasteiger charge is 2.35. The second-order valence-corrected chi connectivity index (χ2v) is 9.60. The van der Waals surface area contributed by atoms with E-state index >= 15 is 0 Å². The van der Waals surface area contributed by atoms with E-state index in [9.17, 15) is 28.1 Å². The molecule has 1 saturated heterocycles. The number of rotatable bonds is 5. The molecule has 1 fully saturated rings. The lowest BCUT2D eigenvalue weighted by Gasteiger charge is -2.32. The molecule has 0 aromatic heterocycles. The maximum atomic E-state index is 12.6. The molecule has 2 aromatic rings. The summed E-state index contributed by atoms with van der Waals surface area (Å²) in [5.41, 5.74) is 0.606. The first-order valence-corrected chi connectivity index (χ1v) is 12.0. The van der Waals surface area contributed by atoms with Gasteiger partial charge in [-0.25, -0.2) is 0 Å². The number of nitrogens with zero attached hydrogens (tertiary/aromatic N) is 3. The van der Waals surface area contributed by atoms with Crippen molar-refractivity contribution in [2.24, 2.45) is 10.3 Å². The molecular weight excluding hydrogens is 464 g/mol. The van der Waals surface area contributed by atoms with Crippen molar-refractivity contribution >= 4 is 39.1 Å². The van der Waals surface area contributed by atoms with Gasteiger partial charge in [-0.1, -0.05) is 18.2 Å². The molecule has 12 heteroatoms. The number of esters is 1. The van der Waals surface area contributed by atoms with Crippen molar-refractivity contribution in [2.45, 2.75) is 30.8 Å². The van der Waals surface area contributed by atoms with Crippen molar-refractivity contribution in [1.82, 2.24) is 4.90 Å². The van der Waals surface area contributed by atoms with Crippen molar-refractivity contribution in [1.29, 1.82) is 0 Å². The Bertz CT molecular complexity index is 1280. The van der Waals surface area contributed by atoms with Crippen molar-refractivity contribution in [2.75, 3.05) is 18.4 Å². The van der Waals surface area contributed by atoms with Crippen LogP contribution in [0.25, 0.3) is 0 Å². The highest BCUT2D eigenvalue weighted by molar-refractivity contribution is 7.90. The van der Waals surface area contributed by atoms with Gasteiger partial charge in [0.05, 0.1) is 10.8 Å². The first-order chi connectivity index (χ1) is 16.2. The van der Waals surface area contributed by atoms with Crippen LogP contribution in [0, 0.1) is 16.0 Å². The van der Waals surface area contributed by atoms with Crippen molar-refractivity contribution in [3.63, 3.8) is 0 Å². The molecule has 178 valence electrons.